The summed E-state index contributed by atoms with van der Waals surface area (Å²) < 4.78 is 20.2. The Labute approximate surface area is 146 Å². The largest absolute Gasteiger partial charge is 0.496 e. The van der Waals surface area contributed by atoms with Crippen LogP contribution >= 0.6 is 0 Å². The van der Waals surface area contributed by atoms with Gasteiger partial charge >= 0.3 is 11.9 Å². The number of carbonyl (C=O) groups excluding carboxylic acids is 2. The molecule has 25 heavy (non-hydrogen) atoms. The lowest BCUT2D eigenvalue weighted by atomic mass is 10.2. The first-order valence-corrected chi connectivity index (χ1v) is 7.33. The van der Waals surface area contributed by atoms with Gasteiger partial charge in [0.25, 0.3) is 0 Å². The second-order valence-electron chi connectivity index (χ2n) is 4.79. The SMILES string of the molecule is C=C(C)C(=O)OCOc1ccc(/C=C/C(=O)OCCC#N)c(OC)c1. The van der Waals surface area contributed by atoms with Crippen molar-refractivity contribution in [1.82, 2.24) is 0 Å². The van der Waals surface area contributed by atoms with Gasteiger partial charge in [-0.15, -0.1) is 0 Å². The summed E-state index contributed by atoms with van der Waals surface area (Å²) >= 11 is 0. The third kappa shape index (κ3) is 7.22. The number of hydrogen-bond donors (Lipinski definition) is 0. The minimum absolute atomic E-state index is 0.0481. The van der Waals surface area contributed by atoms with Gasteiger partial charge < -0.3 is 18.9 Å². The van der Waals surface area contributed by atoms with Crippen molar-refractivity contribution in [1.29, 1.82) is 5.26 Å². The van der Waals surface area contributed by atoms with Crippen LogP contribution < -0.4 is 9.47 Å². The minimum atomic E-state index is -0.552. The molecule has 1 rings (SSSR count). The Hall–Kier alpha value is -3.27. The quantitative estimate of drug-likeness (QED) is 0.294. The van der Waals surface area contributed by atoms with Crippen LogP contribution in [0, 0.1) is 11.3 Å². The van der Waals surface area contributed by atoms with Crippen molar-refractivity contribution in [2.24, 2.45) is 0 Å². The average molecular weight is 345 g/mol. The molecule has 0 unspecified atom stereocenters. The second-order valence-corrected chi connectivity index (χ2v) is 4.79. The predicted octanol–water partition coefficient (Wildman–Crippen LogP) is 2.62. The fraction of sp³-hybridized carbons (Fsp3) is 0.278. The number of nitriles is 1. The molecule has 0 aromatic heterocycles. The lowest BCUT2D eigenvalue weighted by molar-refractivity contribution is -0.145. The van der Waals surface area contributed by atoms with E-state index >= 15 is 0 Å². The number of benzene rings is 1. The molecular weight excluding hydrogens is 326 g/mol. The predicted molar refractivity (Wildman–Crippen MR) is 89.6 cm³/mol. The van der Waals surface area contributed by atoms with E-state index in [1.807, 2.05) is 6.07 Å². The molecule has 0 fully saturated rings. The monoisotopic (exact) mass is 345 g/mol. The van der Waals surface area contributed by atoms with Gasteiger partial charge in [-0.05, 0) is 25.1 Å². The Bertz CT molecular complexity index is 702. The van der Waals surface area contributed by atoms with E-state index < -0.39 is 11.9 Å². The molecule has 0 aliphatic rings. The molecule has 0 spiro atoms. The number of nitrogens with zero attached hydrogens (tertiary/aromatic N) is 1. The molecule has 0 bridgehead atoms. The molecule has 0 amide bonds. The minimum Gasteiger partial charge on any atom is -0.496 e. The number of methoxy groups -OCH3 is 1. The number of rotatable bonds is 9. The Morgan fingerprint density at radius 1 is 1.32 bits per heavy atom. The van der Waals surface area contributed by atoms with E-state index in [9.17, 15) is 9.59 Å². The van der Waals surface area contributed by atoms with Crippen molar-refractivity contribution in [2.75, 3.05) is 20.5 Å². The van der Waals surface area contributed by atoms with Crippen LogP contribution in [0.15, 0.2) is 36.4 Å². The molecule has 0 saturated carbocycles. The highest BCUT2D eigenvalue weighted by Crippen LogP contribution is 2.26. The van der Waals surface area contributed by atoms with Crippen molar-refractivity contribution < 1.29 is 28.5 Å². The van der Waals surface area contributed by atoms with Gasteiger partial charge in [-0.1, -0.05) is 6.58 Å². The third-order valence-electron chi connectivity index (χ3n) is 2.83. The molecule has 0 N–H and O–H groups in total. The molecule has 7 nitrogen and oxygen atoms in total. The second kappa shape index (κ2) is 10.5. The maximum absolute atomic E-state index is 11.5. The van der Waals surface area contributed by atoms with E-state index in [2.05, 4.69) is 6.58 Å². The number of ether oxygens (including phenoxy) is 4. The first-order valence-electron chi connectivity index (χ1n) is 7.33. The van der Waals surface area contributed by atoms with Crippen LogP contribution in [0.2, 0.25) is 0 Å². The van der Waals surface area contributed by atoms with Gasteiger partial charge in [-0.3, -0.25) is 0 Å². The van der Waals surface area contributed by atoms with Gasteiger partial charge in [0.2, 0.25) is 6.79 Å². The van der Waals surface area contributed by atoms with Crippen LogP contribution in [0.3, 0.4) is 0 Å². The van der Waals surface area contributed by atoms with E-state index in [1.54, 1.807) is 18.2 Å². The van der Waals surface area contributed by atoms with E-state index in [1.165, 1.54) is 26.2 Å². The van der Waals surface area contributed by atoms with Gasteiger partial charge in [0, 0.05) is 23.3 Å². The highest BCUT2D eigenvalue weighted by Gasteiger charge is 2.06. The fourth-order valence-corrected chi connectivity index (χ4v) is 1.60. The Morgan fingerprint density at radius 2 is 2.08 bits per heavy atom. The number of esters is 2. The smallest absolute Gasteiger partial charge is 0.335 e. The van der Waals surface area contributed by atoms with Crippen LogP contribution in [-0.4, -0.2) is 32.4 Å². The zero-order valence-electron chi connectivity index (χ0n) is 14.1. The summed E-state index contributed by atoms with van der Waals surface area (Å²) in [5, 5.41) is 8.38. The normalized spacial score (nSPS) is 9.96. The Balaban J connectivity index is 2.65. The summed E-state index contributed by atoms with van der Waals surface area (Å²) in [5.41, 5.74) is 0.911. The standard InChI is InChI=1S/C18H19NO6/c1-13(2)18(21)25-12-24-15-7-5-14(16(11-15)22-3)6-8-17(20)23-10-4-9-19/h5-8,11H,1,4,10,12H2,2-3H3/b8-6+. The van der Waals surface area contributed by atoms with Crippen LogP contribution in [0.1, 0.15) is 18.9 Å². The summed E-state index contributed by atoms with van der Waals surface area (Å²) in [7, 11) is 1.47. The van der Waals surface area contributed by atoms with E-state index in [0.717, 1.165) is 0 Å². The summed E-state index contributed by atoms with van der Waals surface area (Å²) in [6.07, 6.45) is 2.91. The Kier molecular flexibility index (Phi) is 8.30. The topological polar surface area (TPSA) is 94.9 Å². The first kappa shape index (κ1) is 19.8. The lowest BCUT2D eigenvalue weighted by Gasteiger charge is -2.10. The molecule has 1 aromatic carbocycles. The lowest BCUT2D eigenvalue weighted by Crippen LogP contribution is -2.10. The highest BCUT2D eigenvalue weighted by molar-refractivity contribution is 5.87. The van der Waals surface area contributed by atoms with E-state index in [-0.39, 0.29) is 25.4 Å². The zero-order valence-corrected chi connectivity index (χ0v) is 14.1. The maximum Gasteiger partial charge on any atom is 0.335 e. The third-order valence-corrected chi connectivity index (χ3v) is 2.83. The summed E-state index contributed by atoms with van der Waals surface area (Å²) in [6, 6.07) is 6.78. The number of carbonyl (C=O) groups is 2. The summed E-state index contributed by atoms with van der Waals surface area (Å²) in [5.74, 6) is -0.198. The van der Waals surface area contributed by atoms with Gasteiger partial charge in [0.1, 0.15) is 18.1 Å². The van der Waals surface area contributed by atoms with Gasteiger partial charge in [0.05, 0.1) is 19.6 Å². The Morgan fingerprint density at radius 3 is 2.72 bits per heavy atom. The molecule has 0 atom stereocenters. The van der Waals surface area contributed by atoms with E-state index in [4.69, 9.17) is 24.2 Å². The summed E-state index contributed by atoms with van der Waals surface area (Å²) in [4.78, 5) is 22.7. The highest BCUT2D eigenvalue weighted by atomic mass is 16.7. The molecule has 0 saturated heterocycles. The van der Waals surface area contributed by atoms with E-state index in [0.29, 0.717) is 17.1 Å². The van der Waals surface area contributed by atoms with Gasteiger partial charge in [-0.2, -0.15) is 5.26 Å². The molecular formula is C18H19NO6. The number of hydrogen-bond acceptors (Lipinski definition) is 7. The molecule has 0 radical (unpaired) electrons. The van der Waals surface area contributed by atoms with Gasteiger partial charge in [0.15, 0.2) is 0 Å². The van der Waals surface area contributed by atoms with Crippen molar-refractivity contribution in [3.05, 3.63) is 42.0 Å². The fourth-order valence-electron chi connectivity index (χ4n) is 1.60. The molecule has 0 aliphatic carbocycles. The molecule has 0 aliphatic heterocycles. The molecule has 7 heteroatoms. The van der Waals surface area contributed by atoms with Crippen LogP contribution in [0.25, 0.3) is 6.08 Å². The van der Waals surface area contributed by atoms with Crippen LogP contribution in [0.4, 0.5) is 0 Å². The average Bonchev–Trinajstić information content (AvgIpc) is 2.60. The van der Waals surface area contributed by atoms with Crippen molar-refractivity contribution in [3.8, 4) is 17.6 Å². The van der Waals surface area contributed by atoms with Crippen LogP contribution in [0.5, 0.6) is 11.5 Å². The van der Waals surface area contributed by atoms with Gasteiger partial charge in [-0.25, -0.2) is 9.59 Å². The van der Waals surface area contributed by atoms with Crippen molar-refractivity contribution in [3.63, 3.8) is 0 Å². The van der Waals surface area contributed by atoms with Crippen molar-refractivity contribution >= 4 is 18.0 Å². The van der Waals surface area contributed by atoms with Crippen molar-refractivity contribution in [2.45, 2.75) is 13.3 Å². The molecule has 1 aromatic rings. The summed E-state index contributed by atoms with van der Waals surface area (Å²) in [6.45, 7) is 4.80. The zero-order chi connectivity index (χ0) is 18.7. The van der Waals surface area contributed by atoms with Crippen LogP contribution in [-0.2, 0) is 19.1 Å². The first-order chi connectivity index (χ1) is 12.0. The molecule has 0 heterocycles. The maximum atomic E-state index is 11.5. The molecule has 132 valence electrons.